The number of carbonyl (C=O) groups excluding carboxylic acids is 1. The topological polar surface area (TPSA) is 105 Å². The van der Waals surface area contributed by atoms with Gasteiger partial charge in [-0.05, 0) is 48.4 Å². The normalized spacial score (nSPS) is 10.9. The highest BCUT2D eigenvalue weighted by molar-refractivity contribution is 7.99. The molecule has 178 valence electrons. The predicted molar refractivity (Wildman–Crippen MR) is 120 cm³/mol. The highest BCUT2D eigenvalue weighted by Crippen LogP contribution is 2.26. The van der Waals surface area contributed by atoms with E-state index in [0.29, 0.717) is 11.5 Å². The Labute approximate surface area is 196 Å². The van der Waals surface area contributed by atoms with Crippen molar-refractivity contribution in [1.29, 1.82) is 0 Å². The van der Waals surface area contributed by atoms with Crippen LogP contribution in [-0.2, 0) is 21.8 Å². The number of unbranched alkanes of at least 4 members (excludes halogenated alkanes) is 1. The lowest BCUT2D eigenvalue weighted by molar-refractivity contribution is -0.192. The van der Waals surface area contributed by atoms with Gasteiger partial charge in [0, 0.05) is 30.8 Å². The molecule has 0 aromatic carbocycles. The highest BCUT2D eigenvalue weighted by Gasteiger charge is 2.38. The second-order valence-corrected chi connectivity index (χ2v) is 8.55. The van der Waals surface area contributed by atoms with E-state index in [1.165, 1.54) is 5.56 Å². The number of halogens is 3. The van der Waals surface area contributed by atoms with Crippen LogP contribution in [0.15, 0.2) is 52.6 Å². The largest absolute Gasteiger partial charge is 0.490 e. The monoisotopic (exact) mass is 501 g/mol. The van der Waals surface area contributed by atoms with Crippen molar-refractivity contribution in [3.63, 3.8) is 0 Å². The van der Waals surface area contributed by atoms with Crippen LogP contribution in [-0.4, -0.2) is 45.6 Å². The van der Waals surface area contributed by atoms with E-state index < -0.39 is 12.1 Å². The van der Waals surface area contributed by atoms with Crippen molar-refractivity contribution in [2.45, 2.75) is 31.2 Å². The molecular formula is C21H22F3N3O4S2. The average Bonchev–Trinajstić information content (AvgIpc) is 3.46. The van der Waals surface area contributed by atoms with E-state index in [1.807, 2.05) is 48.1 Å². The van der Waals surface area contributed by atoms with Crippen molar-refractivity contribution in [3.8, 4) is 10.6 Å². The van der Waals surface area contributed by atoms with Crippen molar-refractivity contribution in [2.24, 2.45) is 0 Å². The van der Waals surface area contributed by atoms with E-state index in [1.54, 1.807) is 23.1 Å². The molecule has 7 nitrogen and oxygen atoms in total. The lowest BCUT2D eigenvalue weighted by Crippen LogP contribution is -2.26. The number of nitrogens with zero attached hydrogens (tertiary/aromatic N) is 2. The molecule has 3 rings (SSSR count). The minimum absolute atomic E-state index is 0.0703. The number of thiophene rings is 1. The third kappa shape index (κ3) is 10.5. The summed E-state index contributed by atoms with van der Waals surface area (Å²) < 4.78 is 37.1. The van der Waals surface area contributed by atoms with Crippen LogP contribution in [0.5, 0.6) is 0 Å². The number of aromatic nitrogens is 2. The number of alkyl halides is 3. The Balaban J connectivity index is 0.000000479. The number of pyridine rings is 1. The maximum atomic E-state index is 11.9. The number of nitrogens with one attached hydrogen (secondary N) is 1. The van der Waals surface area contributed by atoms with Gasteiger partial charge in [0.05, 0.1) is 16.3 Å². The van der Waals surface area contributed by atoms with Gasteiger partial charge in [-0.25, -0.2) is 4.79 Å². The number of rotatable bonds is 10. The summed E-state index contributed by atoms with van der Waals surface area (Å²) in [4.78, 5) is 25.8. The van der Waals surface area contributed by atoms with E-state index in [0.717, 1.165) is 42.1 Å². The molecule has 0 aliphatic heterocycles. The van der Waals surface area contributed by atoms with E-state index in [9.17, 15) is 18.0 Å². The standard InChI is InChI=1S/C19H21N3O2S2.C2HF3O2/c23-19(21-8-2-1-4-15-6-9-20-10-7-15)14-25-13-16-12-17(24-22-16)18-5-3-11-26-18;3-2(4,5)1(6)7/h3,5-7,9-12H,1-2,4,8,13-14H2,(H,21,23);(H,6,7). The molecule has 1 amide bonds. The quantitative estimate of drug-likeness (QED) is 0.384. The third-order valence-electron chi connectivity index (χ3n) is 4.01. The molecule has 0 bridgehead atoms. The van der Waals surface area contributed by atoms with Gasteiger partial charge in [-0.2, -0.15) is 13.2 Å². The Morgan fingerprint density at radius 3 is 2.55 bits per heavy atom. The van der Waals surface area contributed by atoms with Crippen molar-refractivity contribution < 1.29 is 32.4 Å². The summed E-state index contributed by atoms with van der Waals surface area (Å²) in [5.41, 5.74) is 2.15. The Morgan fingerprint density at radius 1 is 1.18 bits per heavy atom. The molecule has 3 aromatic rings. The van der Waals surface area contributed by atoms with Crippen molar-refractivity contribution >= 4 is 35.0 Å². The number of carboxylic acids is 1. The van der Waals surface area contributed by atoms with Crippen molar-refractivity contribution in [1.82, 2.24) is 15.5 Å². The van der Waals surface area contributed by atoms with Crippen LogP contribution in [0.3, 0.4) is 0 Å². The molecule has 0 aliphatic rings. The molecule has 0 saturated heterocycles. The summed E-state index contributed by atoms with van der Waals surface area (Å²) in [5, 5.41) is 16.2. The molecule has 12 heteroatoms. The number of hydrogen-bond acceptors (Lipinski definition) is 7. The number of hydrogen-bond donors (Lipinski definition) is 2. The van der Waals surface area contributed by atoms with Crippen molar-refractivity contribution in [2.75, 3.05) is 12.3 Å². The zero-order chi connectivity index (χ0) is 24.1. The predicted octanol–water partition coefficient (Wildman–Crippen LogP) is 4.80. The van der Waals surface area contributed by atoms with Crippen LogP contribution in [0.1, 0.15) is 24.1 Å². The summed E-state index contributed by atoms with van der Waals surface area (Å²) in [6, 6.07) is 9.99. The number of aryl methyl sites for hydroxylation is 1. The number of thioether (sulfide) groups is 1. The van der Waals surface area contributed by atoms with Gasteiger partial charge in [0.15, 0.2) is 5.76 Å². The lowest BCUT2D eigenvalue weighted by Gasteiger charge is -2.05. The van der Waals surface area contributed by atoms with E-state index in [-0.39, 0.29) is 5.91 Å². The van der Waals surface area contributed by atoms with Crippen LogP contribution >= 0.6 is 23.1 Å². The zero-order valence-electron chi connectivity index (χ0n) is 17.4. The maximum absolute atomic E-state index is 11.9. The molecule has 3 heterocycles. The molecule has 0 radical (unpaired) electrons. The summed E-state index contributed by atoms with van der Waals surface area (Å²) in [7, 11) is 0. The first kappa shape index (κ1) is 26.4. The van der Waals surface area contributed by atoms with E-state index >= 15 is 0 Å². The molecule has 0 fully saturated rings. The van der Waals surface area contributed by atoms with Crippen LogP contribution in [0.2, 0.25) is 0 Å². The summed E-state index contributed by atoms with van der Waals surface area (Å²) >= 11 is 3.17. The Kier molecular flexibility index (Phi) is 10.9. The fourth-order valence-electron chi connectivity index (χ4n) is 2.45. The van der Waals surface area contributed by atoms with Crippen LogP contribution in [0.25, 0.3) is 10.6 Å². The third-order valence-corrected chi connectivity index (χ3v) is 5.86. The molecule has 2 N–H and O–H groups in total. The number of carboxylic acid groups (broad SMARTS) is 1. The van der Waals surface area contributed by atoms with Gasteiger partial charge in [-0.3, -0.25) is 9.78 Å². The van der Waals surface area contributed by atoms with E-state index in [2.05, 4.69) is 15.5 Å². The van der Waals surface area contributed by atoms with Gasteiger partial charge in [-0.1, -0.05) is 11.2 Å². The first-order valence-corrected chi connectivity index (χ1v) is 11.8. The molecule has 0 unspecified atom stereocenters. The summed E-state index contributed by atoms with van der Waals surface area (Å²) in [6.45, 7) is 0.719. The SMILES string of the molecule is O=C(CSCc1cc(-c2cccs2)on1)NCCCCc1ccncc1.O=C(O)C(F)(F)F. The first-order valence-electron chi connectivity index (χ1n) is 9.78. The summed E-state index contributed by atoms with van der Waals surface area (Å²) in [6.07, 6.45) is 1.60. The minimum atomic E-state index is -5.08. The van der Waals surface area contributed by atoms with E-state index in [4.69, 9.17) is 14.4 Å². The van der Waals surface area contributed by atoms with Crippen LogP contribution in [0.4, 0.5) is 13.2 Å². The molecule has 0 aliphatic carbocycles. The molecule has 33 heavy (non-hydrogen) atoms. The van der Waals surface area contributed by atoms with Crippen LogP contribution in [0, 0.1) is 0 Å². The van der Waals surface area contributed by atoms with Crippen LogP contribution < -0.4 is 5.32 Å². The molecule has 0 saturated carbocycles. The first-order chi connectivity index (χ1) is 15.8. The molecule has 0 spiro atoms. The Bertz CT molecular complexity index is 980. The van der Waals surface area contributed by atoms with Gasteiger partial charge in [-0.15, -0.1) is 23.1 Å². The second kappa shape index (κ2) is 13.6. The second-order valence-electron chi connectivity index (χ2n) is 6.62. The summed E-state index contributed by atoms with van der Waals surface area (Å²) in [5.74, 6) is -0.793. The number of amides is 1. The molecular weight excluding hydrogens is 479 g/mol. The molecule has 0 atom stereocenters. The fraction of sp³-hybridized carbons (Fsp3) is 0.333. The van der Waals surface area contributed by atoms with Gasteiger partial charge in [0.2, 0.25) is 5.91 Å². The maximum Gasteiger partial charge on any atom is 0.490 e. The lowest BCUT2D eigenvalue weighted by atomic mass is 10.1. The number of aliphatic carboxylic acids is 1. The van der Waals surface area contributed by atoms with Gasteiger partial charge in [0.1, 0.15) is 0 Å². The Morgan fingerprint density at radius 2 is 1.91 bits per heavy atom. The smallest absolute Gasteiger partial charge is 0.475 e. The van der Waals surface area contributed by atoms with Crippen molar-refractivity contribution in [3.05, 3.63) is 59.4 Å². The average molecular weight is 502 g/mol. The van der Waals surface area contributed by atoms with Gasteiger partial charge in [0.25, 0.3) is 0 Å². The fourth-order valence-corrected chi connectivity index (χ4v) is 3.85. The molecule has 3 aromatic heterocycles. The number of carbonyl (C=O) groups is 2. The minimum Gasteiger partial charge on any atom is -0.475 e. The zero-order valence-corrected chi connectivity index (χ0v) is 19.0. The van der Waals surface area contributed by atoms with Gasteiger partial charge >= 0.3 is 12.1 Å². The van der Waals surface area contributed by atoms with Gasteiger partial charge < -0.3 is 14.9 Å². The Hall–Kier alpha value is -2.86. The highest BCUT2D eigenvalue weighted by atomic mass is 32.2.